The van der Waals surface area contributed by atoms with E-state index in [-0.39, 0.29) is 11.9 Å². The van der Waals surface area contributed by atoms with Crippen molar-refractivity contribution >= 4 is 22.4 Å². The van der Waals surface area contributed by atoms with Crippen molar-refractivity contribution in [2.24, 2.45) is 17.8 Å². The van der Waals surface area contributed by atoms with E-state index in [1.54, 1.807) is 0 Å². The van der Waals surface area contributed by atoms with Gasteiger partial charge < -0.3 is 5.11 Å². The number of aliphatic hydroxyl groups is 1. The highest BCUT2D eigenvalue weighted by molar-refractivity contribution is 5.99. The van der Waals surface area contributed by atoms with Gasteiger partial charge in [0.15, 0.2) is 0 Å². The molecule has 1 N–H and O–H groups in total. The maximum absolute atomic E-state index is 13.3. The van der Waals surface area contributed by atoms with E-state index in [9.17, 15) is 9.90 Å². The monoisotopic (exact) mass is 376 g/mol. The van der Waals surface area contributed by atoms with Crippen LogP contribution in [0.2, 0.25) is 0 Å². The molecule has 4 saturated carbocycles. The van der Waals surface area contributed by atoms with Crippen molar-refractivity contribution in [3.8, 4) is 0 Å². The zero-order valence-electron chi connectivity index (χ0n) is 16.6. The minimum atomic E-state index is -0.520. The van der Waals surface area contributed by atoms with Crippen LogP contribution >= 0.6 is 0 Å². The summed E-state index contributed by atoms with van der Waals surface area (Å²) in [5, 5.41) is 17.7. The molecule has 7 rings (SSSR count). The number of fused-ring (bicyclic) bond motifs is 1. The summed E-state index contributed by atoms with van der Waals surface area (Å²) >= 11 is 0. The van der Waals surface area contributed by atoms with Crippen LogP contribution in [0.5, 0.6) is 0 Å². The third kappa shape index (κ3) is 2.13. The number of hydrazine groups is 1. The molecule has 1 amide bonds. The fraction of sp³-hybridized carbons (Fsp3) is 0.542. The number of nitrogens with zero attached hydrogens (tertiary/aromatic N) is 2. The molecule has 4 aliphatic carbocycles. The van der Waals surface area contributed by atoms with Crippen molar-refractivity contribution in [1.29, 1.82) is 0 Å². The Bertz CT molecular complexity index is 967. The highest BCUT2D eigenvalue weighted by atomic mass is 16.3. The number of benzene rings is 2. The maximum Gasteiger partial charge on any atom is 0.268 e. The molecule has 2 atom stereocenters. The van der Waals surface area contributed by atoms with Gasteiger partial charge in [0.25, 0.3) is 5.91 Å². The molecule has 0 radical (unpaired) electrons. The molecular weight excluding hydrogens is 348 g/mol. The van der Waals surface area contributed by atoms with E-state index in [2.05, 4.69) is 52.5 Å². The summed E-state index contributed by atoms with van der Waals surface area (Å²) in [5.41, 5.74) is 0.105. The first-order chi connectivity index (χ1) is 13.4. The molecule has 4 bridgehead atoms. The minimum absolute atomic E-state index is 0.227. The molecule has 146 valence electrons. The van der Waals surface area contributed by atoms with Gasteiger partial charge in [-0.05, 0) is 86.6 Å². The first-order valence-corrected chi connectivity index (χ1v) is 10.7. The predicted molar refractivity (Wildman–Crippen MR) is 110 cm³/mol. The smallest absolute Gasteiger partial charge is 0.268 e. The van der Waals surface area contributed by atoms with Crippen molar-refractivity contribution in [2.45, 2.75) is 63.1 Å². The van der Waals surface area contributed by atoms with Gasteiger partial charge in [-0.2, -0.15) is 0 Å². The largest absolute Gasteiger partial charge is 0.390 e. The minimum Gasteiger partial charge on any atom is -0.390 e. The topological polar surface area (TPSA) is 43.8 Å². The normalized spacial score (nSPS) is 38.2. The van der Waals surface area contributed by atoms with E-state index in [0.29, 0.717) is 17.8 Å². The van der Waals surface area contributed by atoms with E-state index in [1.807, 2.05) is 13.8 Å². The second-order valence-electron chi connectivity index (χ2n) is 10.2. The molecule has 4 heteroatoms. The number of anilines is 1. The molecule has 1 saturated heterocycles. The molecule has 28 heavy (non-hydrogen) atoms. The number of rotatable bonds is 2. The SMILES string of the molecule is CC1(C)C(=O)N([C@H]2C3CC4CC2C[C@](O)(C4)C3)N1c1ccc2ccccc2c1. The van der Waals surface area contributed by atoms with Crippen LogP contribution in [-0.2, 0) is 4.79 Å². The number of hydrogen-bond donors (Lipinski definition) is 1. The third-order valence-electron chi connectivity index (χ3n) is 7.93. The first-order valence-electron chi connectivity index (χ1n) is 10.7. The number of hydrogen-bond acceptors (Lipinski definition) is 3. The summed E-state index contributed by atoms with van der Waals surface area (Å²) in [7, 11) is 0. The van der Waals surface area contributed by atoms with Gasteiger partial charge in [0, 0.05) is 0 Å². The Labute approximate surface area is 166 Å². The maximum atomic E-state index is 13.3. The lowest BCUT2D eigenvalue weighted by Crippen LogP contribution is -2.80. The van der Waals surface area contributed by atoms with Gasteiger partial charge in [-0.3, -0.25) is 9.80 Å². The Morgan fingerprint density at radius 3 is 2.32 bits per heavy atom. The molecule has 0 aromatic heterocycles. The van der Waals surface area contributed by atoms with Crippen LogP contribution in [0.4, 0.5) is 5.69 Å². The highest BCUT2D eigenvalue weighted by Crippen LogP contribution is 2.58. The lowest BCUT2D eigenvalue weighted by Gasteiger charge is -2.67. The van der Waals surface area contributed by atoms with Crippen LogP contribution in [0.15, 0.2) is 42.5 Å². The standard InChI is InChI=1S/C24H28N2O2/c1-23(2)22(27)25(21-18-9-15-10-19(21)14-24(28,12-15)13-18)26(23)20-8-7-16-5-3-4-6-17(16)11-20/h3-8,11,15,18-19,21,28H,9-10,12-14H2,1-2H3/t15?,18?,19?,21-,24-. The Balaban J connectivity index is 1.40. The molecule has 2 aromatic carbocycles. The fourth-order valence-electron chi connectivity index (χ4n) is 7.06. The number of amides is 1. The van der Waals surface area contributed by atoms with Gasteiger partial charge in [0.2, 0.25) is 0 Å². The van der Waals surface area contributed by atoms with Gasteiger partial charge in [-0.1, -0.05) is 30.3 Å². The Morgan fingerprint density at radius 1 is 0.964 bits per heavy atom. The lowest BCUT2D eigenvalue weighted by atomic mass is 9.52. The van der Waals surface area contributed by atoms with Crippen LogP contribution in [0.1, 0.15) is 46.0 Å². The Morgan fingerprint density at radius 2 is 1.64 bits per heavy atom. The van der Waals surface area contributed by atoms with Gasteiger partial charge in [-0.15, -0.1) is 0 Å². The third-order valence-corrected chi connectivity index (χ3v) is 7.93. The molecular formula is C24H28N2O2. The first kappa shape index (κ1) is 16.8. The van der Waals surface area contributed by atoms with Crippen molar-refractivity contribution < 1.29 is 9.90 Å². The fourth-order valence-corrected chi connectivity index (χ4v) is 7.06. The molecule has 2 unspecified atom stereocenters. The Kier molecular flexibility index (Phi) is 3.18. The summed E-state index contributed by atoms with van der Waals surface area (Å²) in [6.07, 6.45) is 5.03. The number of carbonyl (C=O) groups is 1. The highest BCUT2D eigenvalue weighted by Gasteiger charge is 2.63. The molecule has 5 fully saturated rings. The zero-order chi connectivity index (χ0) is 19.3. The second kappa shape index (κ2) is 5.29. The van der Waals surface area contributed by atoms with Crippen LogP contribution in [0, 0.1) is 17.8 Å². The molecule has 1 heterocycles. The molecule has 2 aromatic rings. The van der Waals surface area contributed by atoms with Gasteiger partial charge in [-0.25, -0.2) is 5.01 Å². The van der Waals surface area contributed by atoms with Crippen molar-refractivity contribution in [3.63, 3.8) is 0 Å². The van der Waals surface area contributed by atoms with Crippen LogP contribution in [0.25, 0.3) is 10.8 Å². The molecule has 4 nitrogen and oxygen atoms in total. The average Bonchev–Trinajstić information content (AvgIpc) is 2.64. The molecule has 0 spiro atoms. The van der Waals surface area contributed by atoms with Crippen LogP contribution in [0.3, 0.4) is 0 Å². The summed E-state index contributed by atoms with van der Waals surface area (Å²) < 4.78 is 0. The van der Waals surface area contributed by atoms with E-state index >= 15 is 0 Å². The van der Waals surface area contributed by atoms with Gasteiger partial charge in [0.05, 0.1) is 17.3 Å². The van der Waals surface area contributed by atoms with Gasteiger partial charge >= 0.3 is 0 Å². The summed E-state index contributed by atoms with van der Waals surface area (Å²) in [6, 6.07) is 15.1. The van der Waals surface area contributed by atoms with Crippen molar-refractivity contribution in [3.05, 3.63) is 42.5 Å². The van der Waals surface area contributed by atoms with E-state index in [1.165, 1.54) is 23.6 Å². The molecule has 1 aliphatic heterocycles. The zero-order valence-corrected chi connectivity index (χ0v) is 16.6. The predicted octanol–water partition coefficient (Wildman–Crippen LogP) is 4.12. The van der Waals surface area contributed by atoms with E-state index < -0.39 is 11.1 Å². The summed E-state index contributed by atoms with van der Waals surface area (Å²) in [6.45, 7) is 4.06. The lowest BCUT2D eigenvalue weighted by molar-refractivity contribution is -0.190. The molecule has 5 aliphatic rings. The van der Waals surface area contributed by atoms with Crippen LogP contribution < -0.4 is 5.01 Å². The van der Waals surface area contributed by atoms with Gasteiger partial charge in [0.1, 0.15) is 5.54 Å². The van der Waals surface area contributed by atoms with Crippen LogP contribution in [-0.4, -0.2) is 33.2 Å². The van der Waals surface area contributed by atoms with Crippen molar-refractivity contribution in [2.75, 3.05) is 5.01 Å². The summed E-state index contributed by atoms with van der Waals surface area (Å²) in [5.74, 6) is 1.74. The average molecular weight is 377 g/mol. The van der Waals surface area contributed by atoms with E-state index in [4.69, 9.17) is 0 Å². The number of carbonyl (C=O) groups excluding carboxylic acids is 1. The second-order valence-corrected chi connectivity index (χ2v) is 10.2. The quantitative estimate of drug-likeness (QED) is 0.857. The Hall–Kier alpha value is -2.07. The van der Waals surface area contributed by atoms with Crippen molar-refractivity contribution in [1.82, 2.24) is 5.01 Å². The van der Waals surface area contributed by atoms with E-state index in [0.717, 1.165) is 24.9 Å². The summed E-state index contributed by atoms with van der Waals surface area (Å²) in [4.78, 5) is 13.3.